The number of H-pyrrole nitrogens is 1. The molecule has 8 heteroatoms. The van der Waals surface area contributed by atoms with E-state index in [1.807, 2.05) is 28.8 Å². The number of hydrogen-bond donors (Lipinski definition) is 2. The van der Waals surface area contributed by atoms with Gasteiger partial charge in [0.15, 0.2) is 16.3 Å². The molecule has 2 aromatic heterocycles. The molecule has 4 aromatic rings. The largest absolute Gasteiger partial charge is 0.497 e. The summed E-state index contributed by atoms with van der Waals surface area (Å²) < 4.78 is 12.8. The van der Waals surface area contributed by atoms with Gasteiger partial charge in [0, 0.05) is 6.54 Å². The lowest BCUT2D eigenvalue weighted by atomic mass is 10.1. The molecule has 0 atom stereocenters. The van der Waals surface area contributed by atoms with Crippen molar-refractivity contribution in [3.63, 3.8) is 0 Å². The van der Waals surface area contributed by atoms with Crippen molar-refractivity contribution < 1.29 is 9.47 Å². The molecule has 0 unspecified atom stereocenters. The van der Waals surface area contributed by atoms with Gasteiger partial charge in [-0.25, -0.2) is 9.97 Å². The standard InChI is InChI=1S/C22H23N5O2S/c1-14-6-4-5-7-15(14)10-11-27-13-24-20(23)19-21(27)26-22(25-19)30-18-12-16(28-2)8-9-17(18)29-3/h4-9,12-13,23H,10-11H2,1-3H3,(H,25,26). The monoisotopic (exact) mass is 421 g/mol. The SMILES string of the molecule is COc1ccc(OC)c(Sc2nc3c([nH]2)c(=N)ncn3CCc2ccccc2C)c1. The summed E-state index contributed by atoms with van der Waals surface area (Å²) in [6.45, 7) is 2.84. The van der Waals surface area contributed by atoms with Crippen LogP contribution in [0.15, 0.2) is 58.8 Å². The number of aryl methyl sites for hydroxylation is 3. The fourth-order valence-electron chi connectivity index (χ4n) is 3.27. The zero-order valence-electron chi connectivity index (χ0n) is 17.1. The van der Waals surface area contributed by atoms with E-state index >= 15 is 0 Å². The topological polar surface area (TPSA) is 88.8 Å². The second-order valence-electron chi connectivity index (χ2n) is 6.82. The van der Waals surface area contributed by atoms with Crippen molar-refractivity contribution in [2.45, 2.75) is 29.9 Å². The third-order valence-electron chi connectivity index (χ3n) is 4.96. The molecule has 30 heavy (non-hydrogen) atoms. The van der Waals surface area contributed by atoms with E-state index in [1.165, 1.54) is 22.9 Å². The van der Waals surface area contributed by atoms with E-state index in [2.05, 4.69) is 35.1 Å². The number of fused-ring (bicyclic) bond motifs is 1. The number of hydrogen-bond acceptors (Lipinski definition) is 6. The van der Waals surface area contributed by atoms with Gasteiger partial charge in [0.2, 0.25) is 0 Å². The third-order valence-corrected chi connectivity index (χ3v) is 5.88. The number of ether oxygens (including phenoxy) is 2. The van der Waals surface area contributed by atoms with Crippen LogP contribution in [-0.2, 0) is 13.0 Å². The van der Waals surface area contributed by atoms with Crippen molar-refractivity contribution >= 4 is 22.9 Å². The van der Waals surface area contributed by atoms with Crippen molar-refractivity contribution in [3.05, 3.63) is 65.4 Å². The number of imidazole rings is 1. The smallest absolute Gasteiger partial charge is 0.173 e. The van der Waals surface area contributed by atoms with Crippen molar-refractivity contribution in [3.8, 4) is 11.5 Å². The van der Waals surface area contributed by atoms with E-state index in [9.17, 15) is 0 Å². The van der Waals surface area contributed by atoms with Crippen LogP contribution in [0.4, 0.5) is 0 Å². The predicted molar refractivity (Wildman–Crippen MR) is 116 cm³/mol. The van der Waals surface area contributed by atoms with Crippen molar-refractivity contribution in [2.75, 3.05) is 14.2 Å². The molecule has 0 aliphatic carbocycles. The second-order valence-corrected chi connectivity index (χ2v) is 7.85. The predicted octanol–water partition coefficient (Wildman–Crippen LogP) is 3.96. The number of nitrogens with one attached hydrogen (secondary N) is 2. The number of benzene rings is 2. The highest BCUT2D eigenvalue weighted by molar-refractivity contribution is 7.99. The first kappa shape index (κ1) is 20.0. The number of methoxy groups -OCH3 is 2. The molecular weight excluding hydrogens is 398 g/mol. The number of aromatic nitrogens is 4. The van der Waals surface area contributed by atoms with Crippen LogP contribution in [0, 0.1) is 12.3 Å². The van der Waals surface area contributed by atoms with Crippen LogP contribution in [0.3, 0.4) is 0 Å². The highest BCUT2D eigenvalue weighted by atomic mass is 32.2. The van der Waals surface area contributed by atoms with E-state index in [-0.39, 0.29) is 5.49 Å². The van der Waals surface area contributed by atoms with Gasteiger partial charge in [0.25, 0.3) is 0 Å². The van der Waals surface area contributed by atoms with E-state index in [1.54, 1.807) is 20.5 Å². The van der Waals surface area contributed by atoms with E-state index < -0.39 is 0 Å². The Morgan fingerprint density at radius 3 is 2.73 bits per heavy atom. The van der Waals surface area contributed by atoms with Crippen molar-refractivity contribution in [1.29, 1.82) is 5.41 Å². The molecule has 2 N–H and O–H groups in total. The van der Waals surface area contributed by atoms with E-state index in [0.29, 0.717) is 16.3 Å². The fourth-order valence-corrected chi connectivity index (χ4v) is 4.19. The summed E-state index contributed by atoms with van der Waals surface area (Å²) in [6.07, 6.45) is 2.55. The molecule has 0 saturated heterocycles. The molecule has 0 aliphatic rings. The molecule has 0 amide bonds. The van der Waals surface area contributed by atoms with Crippen molar-refractivity contribution in [1.82, 2.24) is 19.5 Å². The Hall–Kier alpha value is -3.26. The van der Waals surface area contributed by atoms with Crippen LogP contribution in [0.5, 0.6) is 11.5 Å². The lowest BCUT2D eigenvalue weighted by Gasteiger charge is -2.09. The summed E-state index contributed by atoms with van der Waals surface area (Å²) in [6, 6.07) is 14.0. The molecule has 0 radical (unpaired) electrons. The Kier molecular flexibility index (Phi) is 5.76. The average molecular weight is 422 g/mol. The molecule has 0 fully saturated rings. The molecular formula is C22H23N5O2S. The van der Waals surface area contributed by atoms with Crippen LogP contribution >= 0.6 is 11.8 Å². The normalized spacial score (nSPS) is 11.0. The molecule has 2 aromatic carbocycles. The molecule has 0 aliphatic heterocycles. The summed E-state index contributed by atoms with van der Waals surface area (Å²) in [4.78, 5) is 13.1. The maximum Gasteiger partial charge on any atom is 0.173 e. The Morgan fingerprint density at radius 2 is 1.97 bits per heavy atom. The minimum Gasteiger partial charge on any atom is -0.497 e. The fraction of sp³-hybridized carbons (Fsp3) is 0.227. The number of nitrogens with zero attached hydrogens (tertiary/aromatic N) is 3. The minimum atomic E-state index is 0.175. The molecule has 0 bridgehead atoms. The van der Waals surface area contributed by atoms with Crippen LogP contribution in [0.25, 0.3) is 11.2 Å². The summed E-state index contributed by atoms with van der Waals surface area (Å²) in [7, 11) is 3.27. The molecule has 2 heterocycles. The minimum absolute atomic E-state index is 0.175. The van der Waals surface area contributed by atoms with Gasteiger partial charge >= 0.3 is 0 Å². The maximum absolute atomic E-state index is 8.18. The first-order valence-electron chi connectivity index (χ1n) is 9.53. The van der Waals surface area contributed by atoms with Crippen LogP contribution < -0.4 is 15.0 Å². The van der Waals surface area contributed by atoms with Gasteiger partial charge in [0.1, 0.15) is 17.0 Å². The Balaban J connectivity index is 1.66. The Bertz CT molecular complexity index is 1250. The summed E-state index contributed by atoms with van der Waals surface area (Å²) in [5.74, 6) is 1.48. The van der Waals surface area contributed by atoms with Gasteiger partial charge in [-0.2, -0.15) is 0 Å². The zero-order chi connectivity index (χ0) is 21.1. The van der Waals surface area contributed by atoms with Gasteiger partial charge in [-0.1, -0.05) is 24.3 Å². The van der Waals surface area contributed by atoms with Crippen LogP contribution in [0.2, 0.25) is 0 Å². The Morgan fingerprint density at radius 1 is 1.13 bits per heavy atom. The van der Waals surface area contributed by atoms with Gasteiger partial charge in [0.05, 0.1) is 25.4 Å². The third kappa shape index (κ3) is 4.04. The first-order valence-corrected chi connectivity index (χ1v) is 10.3. The highest BCUT2D eigenvalue weighted by Gasteiger charge is 2.13. The van der Waals surface area contributed by atoms with Crippen LogP contribution in [-0.4, -0.2) is 33.7 Å². The lowest BCUT2D eigenvalue weighted by Crippen LogP contribution is -2.13. The average Bonchev–Trinajstić information content (AvgIpc) is 3.19. The van der Waals surface area contributed by atoms with Gasteiger partial charge in [-0.05, 0) is 54.4 Å². The first-order chi connectivity index (χ1) is 14.6. The zero-order valence-corrected chi connectivity index (χ0v) is 17.9. The molecule has 154 valence electrons. The maximum atomic E-state index is 8.18. The molecule has 0 spiro atoms. The molecule has 0 saturated carbocycles. The van der Waals surface area contributed by atoms with E-state index in [0.717, 1.165) is 29.4 Å². The summed E-state index contributed by atoms with van der Waals surface area (Å²) >= 11 is 1.43. The van der Waals surface area contributed by atoms with Crippen LogP contribution in [0.1, 0.15) is 11.1 Å². The lowest BCUT2D eigenvalue weighted by molar-refractivity contribution is 0.394. The van der Waals surface area contributed by atoms with Crippen molar-refractivity contribution in [2.24, 2.45) is 0 Å². The summed E-state index contributed by atoms with van der Waals surface area (Å²) in [5, 5.41) is 8.85. The second kappa shape index (κ2) is 8.62. The Labute approximate surface area is 178 Å². The summed E-state index contributed by atoms with van der Waals surface area (Å²) in [5.41, 5.74) is 4.07. The number of aromatic amines is 1. The van der Waals surface area contributed by atoms with Gasteiger partial charge in [-0.15, -0.1) is 0 Å². The highest BCUT2D eigenvalue weighted by Crippen LogP contribution is 2.36. The quantitative estimate of drug-likeness (QED) is 0.472. The molecule has 7 nitrogen and oxygen atoms in total. The molecule has 4 rings (SSSR count). The number of rotatable bonds is 7. The van der Waals surface area contributed by atoms with E-state index in [4.69, 9.17) is 19.9 Å². The van der Waals surface area contributed by atoms with Gasteiger partial charge in [-0.3, -0.25) is 5.41 Å². The van der Waals surface area contributed by atoms with Gasteiger partial charge < -0.3 is 19.0 Å².